The molecule has 0 atom stereocenters. The zero-order valence-corrected chi connectivity index (χ0v) is 12.3. The minimum absolute atomic E-state index is 0.145. The van der Waals surface area contributed by atoms with Crippen LogP contribution in [0.15, 0.2) is 41.1 Å². The molecule has 1 aromatic heterocycles. The lowest BCUT2D eigenvalue weighted by atomic mass is 10.00. The highest BCUT2D eigenvalue weighted by molar-refractivity contribution is 7.08. The predicted octanol–water partition coefficient (Wildman–Crippen LogP) is 2.49. The average molecular weight is 301 g/mol. The number of esters is 1. The van der Waals surface area contributed by atoms with Crippen LogP contribution in [0.25, 0.3) is 0 Å². The van der Waals surface area contributed by atoms with Crippen molar-refractivity contribution in [2.45, 2.75) is 13.0 Å². The molecule has 2 aromatic rings. The highest BCUT2D eigenvalue weighted by Gasteiger charge is 2.21. The third-order valence-electron chi connectivity index (χ3n) is 3.57. The van der Waals surface area contributed by atoms with E-state index in [0.717, 1.165) is 6.42 Å². The predicted molar refractivity (Wildman–Crippen MR) is 80.2 cm³/mol. The minimum Gasteiger partial charge on any atom is -0.452 e. The van der Waals surface area contributed by atoms with Crippen molar-refractivity contribution in [2.75, 3.05) is 13.2 Å². The van der Waals surface area contributed by atoms with E-state index in [1.54, 1.807) is 21.7 Å². The minimum atomic E-state index is -0.443. The Morgan fingerprint density at radius 3 is 2.76 bits per heavy atom. The molecule has 0 aliphatic carbocycles. The molecule has 1 aliphatic heterocycles. The number of nitrogens with zero attached hydrogens (tertiary/aromatic N) is 1. The number of amides is 1. The molecule has 21 heavy (non-hydrogen) atoms. The Balaban J connectivity index is 1.56. The molecule has 5 heteroatoms. The summed E-state index contributed by atoms with van der Waals surface area (Å²) >= 11 is 1.43. The van der Waals surface area contributed by atoms with Gasteiger partial charge in [-0.15, -0.1) is 0 Å². The summed E-state index contributed by atoms with van der Waals surface area (Å²) in [7, 11) is 0. The van der Waals surface area contributed by atoms with Crippen LogP contribution in [0.1, 0.15) is 21.5 Å². The van der Waals surface area contributed by atoms with Crippen LogP contribution in [0, 0.1) is 0 Å². The van der Waals surface area contributed by atoms with Gasteiger partial charge >= 0.3 is 5.97 Å². The lowest BCUT2D eigenvalue weighted by Crippen LogP contribution is -2.38. The van der Waals surface area contributed by atoms with Crippen LogP contribution in [0.4, 0.5) is 0 Å². The van der Waals surface area contributed by atoms with Gasteiger partial charge in [0.25, 0.3) is 5.91 Å². The van der Waals surface area contributed by atoms with E-state index in [1.165, 1.54) is 22.5 Å². The molecular formula is C16H15NO3S. The summed E-state index contributed by atoms with van der Waals surface area (Å²) in [5.74, 6) is -0.588. The first-order chi connectivity index (χ1) is 10.2. The number of ether oxygens (including phenoxy) is 1. The summed E-state index contributed by atoms with van der Waals surface area (Å²) in [5.41, 5.74) is 2.95. The van der Waals surface area contributed by atoms with Crippen LogP contribution in [0.2, 0.25) is 0 Å². The van der Waals surface area contributed by atoms with Crippen LogP contribution in [0.5, 0.6) is 0 Å². The fraction of sp³-hybridized carbons (Fsp3) is 0.250. The Labute approximate surface area is 127 Å². The summed E-state index contributed by atoms with van der Waals surface area (Å²) in [6, 6.07) is 9.80. The topological polar surface area (TPSA) is 46.6 Å². The lowest BCUT2D eigenvalue weighted by molar-refractivity contribution is -0.135. The molecule has 0 N–H and O–H groups in total. The molecule has 0 unspecified atom stereocenters. The Morgan fingerprint density at radius 2 is 2.00 bits per heavy atom. The van der Waals surface area contributed by atoms with Gasteiger partial charge in [0.15, 0.2) is 6.61 Å². The van der Waals surface area contributed by atoms with E-state index in [1.807, 2.05) is 18.2 Å². The van der Waals surface area contributed by atoms with Gasteiger partial charge < -0.3 is 9.64 Å². The molecule has 2 heterocycles. The van der Waals surface area contributed by atoms with Gasteiger partial charge in [0.2, 0.25) is 0 Å². The SMILES string of the molecule is O=C(OCC(=O)N1CCc2ccccc2C1)c1ccsc1. The van der Waals surface area contributed by atoms with E-state index in [9.17, 15) is 9.59 Å². The highest BCUT2D eigenvalue weighted by atomic mass is 32.1. The third kappa shape index (κ3) is 3.13. The maximum atomic E-state index is 12.1. The van der Waals surface area contributed by atoms with Crippen LogP contribution in [-0.2, 0) is 22.5 Å². The van der Waals surface area contributed by atoms with Crippen LogP contribution in [0.3, 0.4) is 0 Å². The summed E-state index contributed by atoms with van der Waals surface area (Å²) < 4.78 is 5.07. The van der Waals surface area contributed by atoms with E-state index >= 15 is 0 Å². The molecule has 108 valence electrons. The quantitative estimate of drug-likeness (QED) is 0.818. The van der Waals surface area contributed by atoms with Crippen molar-refractivity contribution in [3.05, 3.63) is 57.8 Å². The van der Waals surface area contributed by atoms with Gasteiger partial charge in [-0.25, -0.2) is 4.79 Å². The second-order valence-corrected chi connectivity index (χ2v) is 5.70. The van der Waals surface area contributed by atoms with Crippen molar-refractivity contribution in [1.82, 2.24) is 4.90 Å². The second-order valence-electron chi connectivity index (χ2n) is 4.92. The molecular weight excluding hydrogens is 286 g/mol. The van der Waals surface area contributed by atoms with Crippen molar-refractivity contribution < 1.29 is 14.3 Å². The van der Waals surface area contributed by atoms with Gasteiger partial charge in [-0.1, -0.05) is 24.3 Å². The molecule has 0 bridgehead atoms. The summed E-state index contributed by atoms with van der Waals surface area (Å²) in [4.78, 5) is 25.6. The number of hydrogen-bond acceptors (Lipinski definition) is 4. The first-order valence-electron chi connectivity index (χ1n) is 6.78. The second kappa shape index (κ2) is 6.10. The fourth-order valence-electron chi connectivity index (χ4n) is 2.39. The zero-order valence-electron chi connectivity index (χ0n) is 11.5. The summed E-state index contributed by atoms with van der Waals surface area (Å²) in [6.07, 6.45) is 0.848. The molecule has 3 rings (SSSR count). The van der Waals surface area contributed by atoms with Crippen molar-refractivity contribution in [2.24, 2.45) is 0 Å². The average Bonchev–Trinajstić information content (AvgIpc) is 3.06. The number of thiophene rings is 1. The Bertz CT molecular complexity index is 651. The van der Waals surface area contributed by atoms with E-state index in [-0.39, 0.29) is 12.5 Å². The number of fused-ring (bicyclic) bond motifs is 1. The van der Waals surface area contributed by atoms with Crippen molar-refractivity contribution in [1.29, 1.82) is 0 Å². The molecule has 0 fully saturated rings. The van der Waals surface area contributed by atoms with Crippen LogP contribution < -0.4 is 0 Å². The molecule has 1 aromatic carbocycles. The van der Waals surface area contributed by atoms with Gasteiger partial charge in [-0.05, 0) is 29.0 Å². The van der Waals surface area contributed by atoms with Crippen molar-refractivity contribution in [3.8, 4) is 0 Å². The van der Waals surface area contributed by atoms with Crippen LogP contribution >= 0.6 is 11.3 Å². The lowest BCUT2D eigenvalue weighted by Gasteiger charge is -2.28. The highest BCUT2D eigenvalue weighted by Crippen LogP contribution is 2.18. The number of carbonyl (C=O) groups is 2. The van der Waals surface area contributed by atoms with Gasteiger partial charge in [0.05, 0.1) is 5.56 Å². The molecule has 1 aliphatic rings. The summed E-state index contributed by atoms with van der Waals surface area (Å²) in [6.45, 7) is 1.06. The maximum Gasteiger partial charge on any atom is 0.339 e. The zero-order chi connectivity index (χ0) is 14.7. The molecule has 0 spiro atoms. The van der Waals surface area contributed by atoms with Gasteiger partial charge in [0.1, 0.15) is 0 Å². The van der Waals surface area contributed by atoms with E-state index in [0.29, 0.717) is 18.7 Å². The Hall–Kier alpha value is -2.14. The molecule has 0 saturated heterocycles. The fourth-order valence-corrected chi connectivity index (χ4v) is 3.02. The van der Waals surface area contributed by atoms with Gasteiger partial charge in [0, 0.05) is 18.5 Å². The smallest absolute Gasteiger partial charge is 0.339 e. The normalized spacial score (nSPS) is 13.6. The molecule has 1 amide bonds. The summed E-state index contributed by atoms with van der Waals surface area (Å²) in [5, 5.41) is 3.52. The van der Waals surface area contributed by atoms with E-state index < -0.39 is 5.97 Å². The molecule has 0 radical (unpaired) electrons. The number of carbonyl (C=O) groups excluding carboxylic acids is 2. The monoisotopic (exact) mass is 301 g/mol. The standard InChI is InChI=1S/C16H15NO3S/c18-15(10-20-16(19)14-6-8-21-11-14)17-7-5-12-3-1-2-4-13(12)9-17/h1-4,6,8,11H,5,7,9-10H2. The molecule has 0 saturated carbocycles. The number of rotatable bonds is 3. The van der Waals surface area contributed by atoms with Crippen LogP contribution in [-0.4, -0.2) is 29.9 Å². The Kier molecular flexibility index (Phi) is 4.01. The largest absolute Gasteiger partial charge is 0.452 e. The molecule has 4 nitrogen and oxygen atoms in total. The number of benzene rings is 1. The maximum absolute atomic E-state index is 12.1. The van der Waals surface area contributed by atoms with Crippen molar-refractivity contribution >= 4 is 23.2 Å². The van der Waals surface area contributed by atoms with E-state index in [4.69, 9.17) is 4.74 Å². The van der Waals surface area contributed by atoms with Crippen molar-refractivity contribution in [3.63, 3.8) is 0 Å². The Morgan fingerprint density at radius 1 is 1.19 bits per heavy atom. The first-order valence-corrected chi connectivity index (χ1v) is 7.72. The number of hydrogen-bond donors (Lipinski definition) is 0. The van der Waals surface area contributed by atoms with Gasteiger partial charge in [-0.2, -0.15) is 11.3 Å². The van der Waals surface area contributed by atoms with E-state index in [2.05, 4.69) is 6.07 Å². The van der Waals surface area contributed by atoms with Gasteiger partial charge in [-0.3, -0.25) is 4.79 Å². The first kappa shape index (κ1) is 13.8. The third-order valence-corrected chi connectivity index (χ3v) is 4.25.